The molecule has 4 heteroatoms. The summed E-state index contributed by atoms with van der Waals surface area (Å²) >= 11 is 0. The van der Waals surface area contributed by atoms with Crippen molar-refractivity contribution in [2.75, 3.05) is 11.1 Å². The zero-order chi connectivity index (χ0) is 9.97. The second kappa shape index (κ2) is 3.90. The Balaban J connectivity index is 1.98. The van der Waals surface area contributed by atoms with Gasteiger partial charge in [-0.1, -0.05) is 19.3 Å². The van der Waals surface area contributed by atoms with E-state index in [1.54, 1.807) is 0 Å². The van der Waals surface area contributed by atoms with Gasteiger partial charge in [-0.3, -0.25) is 0 Å². The minimum absolute atomic E-state index is 0.564. The predicted molar refractivity (Wildman–Crippen MR) is 58.2 cm³/mol. The van der Waals surface area contributed by atoms with Crippen LogP contribution < -0.4 is 11.1 Å². The number of rotatable bonds is 2. The van der Waals surface area contributed by atoms with Crippen LogP contribution in [-0.2, 0) is 0 Å². The van der Waals surface area contributed by atoms with Gasteiger partial charge in [-0.05, 0) is 19.8 Å². The van der Waals surface area contributed by atoms with Crippen molar-refractivity contribution in [2.45, 2.75) is 45.1 Å². The highest BCUT2D eigenvalue weighted by atomic mass is 15.1. The third-order valence-corrected chi connectivity index (χ3v) is 2.80. The van der Waals surface area contributed by atoms with Gasteiger partial charge in [0.05, 0.1) is 0 Å². The lowest BCUT2D eigenvalue weighted by molar-refractivity contribution is 0.462. The fourth-order valence-corrected chi connectivity index (χ4v) is 2.06. The summed E-state index contributed by atoms with van der Waals surface area (Å²) in [5, 5.41) is 3.40. The number of aromatic amines is 1. The molecule has 1 aliphatic carbocycles. The number of imidazole rings is 1. The lowest BCUT2D eigenvalue weighted by atomic mass is 9.95. The Kier molecular flexibility index (Phi) is 2.61. The van der Waals surface area contributed by atoms with E-state index < -0.39 is 0 Å². The normalized spacial score (nSPS) is 18.4. The van der Waals surface area contributed by atoms with E-state index in [4.69, 9.17) is 5.73 Å². The molecule has 0 spiro atoms. The first-order valence-electron chi connectivity index (χ1n) is 5.34. The maximum absolute atomic E-state index is 5.78. The van der Waals surface area contributed by atoms with Gasteiger partial charge in [0.1, 0.15) is 11.6 Å². The van der Waals surface area contributed by atoms with Gasteiger partial charge in [-0.2, -0.15) is 0 Å². The molecule has 1 aromatic heterocycles. The summed E-state index contributed by atoms with van der Waals surface area (Å²) in [6.45, 7) is 1.92. The number of H-pyrrole nitrogens is 1. The molecule has 78 valence electrons. The Labute approximate surface area is 84.3 Å². The second-order valence-corrected chi connectivity index (χ2v) is 4.06. The number of hydrogen-bond acceptors (Lipinski definition) is 3. The Morgan fingerprint density at radius 1 is 1.36 bits per heavy atom. The molecule has 0 atom stereocenters. The van der Waals surface area contributed by atoms with Gasteiger partial charge in [0.15, 0.2) is 5.82 Å². The molecule has 2 rings (SSSR count). The number of nitrogens with two attached hydrogens (primary N) is 1. The molecule has 0 unspecified atom stereocenters. The maximum atomic E-state index is 5.78. The third kappa shape index (κ3) is 2.00. The predicted octanol–water partition coefficient (Wildman–Crippen LogP) is 2.04. The molecule has 4 N–H and O–H groups in total. The van der Waals surface area contributed by atoms with Crippen molar-refractivity contribution in [3.05, 3.63) is 5.82 Å². The molecule has 1 heterocycles. The zero-order valence-electron chi connectivity index (χ0n) is 8.64. The van der Waals surface area contributed by atoms with E-state index in [2.05, 4.69) is 15.3 Å². The molecule has 14 heavy (non-hydrogen) atoms. The van der Waals surface area contributed by atoms with Gasteiger partial charge in [0, 0.05) is 6.04 Å². The van der Waals surface area contributed by atoms with Crippen LogP contribution in [0.25, 0.3) is 0 Å². The molecule has 1 aromatic rings. The summed E-state index contributed by atoms with van der Waals surface area (Å²) in [6, 6.07) is 0.564. The molecule has 1 fully saturated rings. The first kappa shape index (κ1) is 9.37. The summed E-state index contributed by atoms with van der Waals surface area (Å²) < 4.78 is 0. The number of nitrogen functional groups attached to an aromatic ring is 1. The van der Waals surface area contributed by atoms with Crippen LogP contribution in [0.3, 0.4) is 0 Å². The van der Waals surface area contributed by atoms with Crippen molar-refractivity contribution in [2.24, 2.45) is 0 Å². The first-order chi connectivity index (χ1) is 6.75. The van der Waals surface area contributed by atoms with Crippen molar-refractivity contribution in [3.8, 4) is 0 Å². The SMILES string of the molecule is Cc1nc(NC2CCCCC2)c(N)[nH]1. The highest BCUT2D eigenvalue weighted by Gasteiger charge is 2.15. The van der Waals surface area contributed by atoms with Crippen LogP contribution in [0.4, 0.5) is 11.6 Å². The number of nitrogens with one attached hydrogen (secondary N) is 2. The number of aryl methyl sites for hydroxylation is 1. The minimum Gasteiger partial charge on any atom is -0.382 e. The lowest BCUT2D eigenvalue weighted by Gasteiger charge is -2.22. The average molecular weight is 194 g/mol. The first-order valence-corrected chi connectivity index (χ1v) is 5.34. The van der Waals surface area contributed by atoms with E-state index in [1.165, 1.54) is 32.1 Å². The van der Waals surface area contributed by atoms with Crippen LogP contribution in [0, 0.1) is 6.92 Å². The molecule has 1 saturated carbocycles. The molecule has 4 nitrogen and oxygen atoms in total. The fraction of sp³-hybridized carbons (Fsp3) is 0.700. The zero-order valence-corrected chi connectivity index (χ0v) is 8.64. The van der Waals surface area contributed by atoms with Gasteiger partial charge in [0.2, 0.25) is 0 Å². The van der Waals surface area contributed by atoms with Crippen LogP contribution in [0.5, 0.6) is 0 Å². The van der Waals surface area contributed by atoms with E-state index in [1.807, 2.05) is 6.92 Å². The molecule has 0 aliphatic heterocycles. The Bertz CT molecular complexity index is 299. The quantitative estimate of drug-likeness (QED) is 0.675. The monoisotopic (exact) mass is 194 g/mol. The van der Waals surface area contributed by atoms with Gasteiger partial charge in [-0.25, -0.2) is 4.98 Å². The Morgan fingerprint density at radius 3 is 2.64 bits per heavy atom. The van der Waals surface area contributed by atoms with Crippen molar-refractivity contribution in [1.82, 2.24) is 9.97 Å². The lowest BCUT2D eigenvalue weighted by Crippen LogP contribution is -2.22. The van der Waals surface area contributed by atoms with Crippen LogP contribution in [0.2, 0.25) is 0 Å². The highest BCUT2D eigenvalue weighted by molar-refractivity contribution is 5.57. The summed E-state index contributed by atoms with van der Waals surface area (Å²) in [6.07, 6.45) is 6.49. The van der Waals surface area contributed by atoms with Crippen LogP contribution in [-0.4, -0.2) is 16.0 Å². The molecule has 0 bridgehead atoms. The van der Waals surface area contributed by atoms with Crippen molar-refractivity contribution in [1.29, 1.82) is 0 Å². The number of hydrogen-bond donors (Lipinski definition) is 3. The Hall–Kier alpha value is -1.19. The molecular weight excluding hydrogens is 176 g/mol. The summed E-state index contributed by atoms with van der Waals surface area (Å²) in [4.78, 5) is 7.31. The fourth-order valence-electron chi connectivity index (χ4n) is 2.06. The summed E-state index contributed by atoms with van der Waals surface area (Å²) in [7, 11) is 0. The van der Waals surface area contributed by atoms with Gasteiger partial charge >= 0.3 is 0 Å². The third-order valence-electron chi connectivity index (χ3n) is 2.80. The molecule has 0 amide bonds. The van der Waals surface area contributed by atoms with Crippen molar-refractivity contribution < 1.29 is 0 Å². The molecule has 0 saturated heterocycles. The van der Waals surface area contributed by atoms with E-state index in [0.29, 0.717) is 11.9 Å². The van der Waals surface area contributed by atoms with Crippen molar-refractivity contribution in [3.63, 3.8) is 0 Å². The van der Waals surface area contributed by atoms with Crippen LogP contribution >= 0.6 is 0 Å². The molecule has 0 aromatic carbocycles. The average Bonchev–Trinajstić information content (AvgIpc) is 2.47. The van der Waals surface area contributed by atoms with Crippen molar-refractivity contribution >= 4 is 11.6 Å². The Morgan fingerprint density at radius 2 is 2.07 bits per heavy atom. The van der Waals surface area contributed by atoms with Gasteiger partial charge < -0.3 is 16.0 Å². The molecule has 1 aliphatic rings. The standard InChI is InChI=1S/C10H18N4/c1-7-12-9(11)10(13-7)14-8-5-3-2-4-6-8/h8,14H,2-6,11H2,1H3,(H,12,13). The minimum atomic E-state index is 0.564. The van der Waals surface area contributed by atoms with Crippen LogP contribution in [0.1, 0.15) is 37.9 Å². The van der Waals surface area contributed by atoms with Gasteiger partial charge in [-0.15, -0.1) is 0 Å². The number of nitrogens with zero attached hydrogens (tertiary/aromatic N) is 1. The van der Waals surface area contributed by atoms with Crippen LogP contribution in [0.15, 0.2) is 0 Å². The van der Waals surface area contributed by atoms with Gasteiger partial charge in [0.25, 0.3) is 0 Å². The number of aromatic nitrogens is 2. The smallest absolute Gasteiger partial charge is 0.168 e. The highest BCUT2D eigenvalue weighted by Crippen LogP contribution is 2.23. The maximum Gasteiger partial charge on any atom is 0.168 e. The molecular formula is C10H18N4. The topological polar surface area (TPSA) is 66.7 Å². The summed E-state index contributed by atoms with van der Waals surface area (Å²) in [5.41, 5.74) is 5.78. The van der Waals surface area contributed by atoms with E-state index in [9.17, 15) is 0 Å². The van der Waals surface area contributed by atoms with E-state index in [0.717, 1.165) is 11.6 Å². The van der Waals surface area contributed by atoms with E-state index >= 15 is 0 Å². The van der Waals surface area contributed by atoms with E-state index in [-0.39, 0.29) is 0 Å². The summed E-state index contributed by atoms with van der Waals surface area (Å²) in [5.74, 6) is 2.36. The molecule has 0 radical (unpaired) electrons. The number of anilines is 2. The largest absolute Gasteiger partial charge is 0.382 e. The second-order valence-electron chi connectivity index (χ2n) is 4.06.